The van der Waals surface area contributed by atoms with Crippen molar-refractivity contribution in [3.05, 3.63) is 30.1 Å². The number of halogens is 3. The lowest BCUT2D eigenvalue weighted by atomic mass is 10.2. The van der Waals surface area contributed by atoms with Crippen molar-refractivity contribution in [3.63, 3.8) is 0 Å². The molecule has 0 aromatic carbocycles. The number of amides is 1. The first-order chi connectivity index (χ1) is 6.73. The summed E-state index contributed by atoms with van der Waals surface area (Å²) in [5, 5.41) is 0. The summed E-state index contributed by atoms with van der Waals surface area (Å²) in [5.41, 5.74) is -0.516. The van der Waals surface area contributed by atoms with E-state index in [2.05, 4.69) is 11.3 Å². The molecule has 1 rings (SSSR count). The molecule has 0 aliphatic carbocycles. The van der Waals surface area contributed by atoms with Crippen LogP contribution in [-0.2, 0) is 6.18 Å². The fourth-order valence-corrected chi connectivity index (χ4v) is 1.05. The number of rotatable bonds is 1. The predicted molar refractivity (Wildman–Crippen MR) is 46.2 cm³/mol. The van der Waals surface area contributed by atoms with Crippen molar-refractivity contribution in [1.29, 1.82) is 0 Å². The van der Waals surface area contributed by atoms with Crippen LogP contribution in [0.3, 0.4) is 0 Å². The fourth-order valence-electron chi connectivity index (χ4n) is 1.05. The number of alkyl halides is 3. The van der Waals surface area contributed by atoms with Gasteiger partial charge in [0.1, 0.15) is 5.76 Å². The zero-order valence-electron chi connectivity index (χ0n) is 8.18. The molecule has 83 valence electrons. The lowest BCUT2D eigenvalue weighted by Crippen LogP contribution is -2.23. The largest absolute Gasteiger partial charge is 0.456 e. The van der Waals surface area contributed by atoms with Gasteiger partial charge in [-0.25, -0.2) is 0 Å². The normalized spacial score (nSPS) is 11.6. The van der Waals surface area contributed by atoms with Gasteiger partial charge >= 0.3 is 6.18 Å². The molecule has 0 aliphatic heterocycles. The zero-order valence-corrected chi connectivity index (χ0v) is 8.18. The molecule has 0 spiro atoms. The van der Waals surface area contributed by atoms with Gasteiger partial charge < -0.3 is 9.32 Å². The molecule has 1 radical (unpaired) electrons. The number of carbonyl (C=O) groups excluding carboxylic acids is 1. The maximum absolute atomic E-state index is 12.4. The highest BCUT2D eigenvalue weighted by Gasteiger charge is 2.40. The van der Waals surface area contributed by atoms with Crippen LogP contribution in [0.4, 0.5) is 13.2 Å². The maximum atomic E-state index is 12.4. The van der Waals surface area contributed by atoms with Gasteiger partial charge in [-0.2, -0.15) is 13.2 Å². The fraction of sp³-hybridized carbons (Fsp3) is 0.333. The molecular weight excluding hydrogens is 211 g/mol. The van der Waals surface area contributed by atoms with E-state index in [1.54, 1.807) is 0 Å². The van der Waals surface area contributed by atoms with Crippen LogP contribution < -0.4 is 0 Å². The Morgan fingerprint density at radius 1 is 1.47 bits per heavy atom. The molecule has 1 amide bonds. The highest BCUT2D eigenvalue weighted by Crippen LogP contribution is 2.34. The molecule has 1 aromatic rings. The Balaban J connectivity index is 3.24. The Morgan fingerprint density at radius 3 is 2.40 bits per heavy atom. The van der Waals surface area contributed by atoms with Gasteiger partial charge in [-0.3, -0.25) is 4.79 Å². The second-order valence-corrected chi connectivity index (χ2v) is 3.15. The van der Waals surface area contributed by atoms with Crippen molar-refractivity contribution in [3.8, 4) is 0 Å². The molecule has 1 heterocycles. The van der Waals surface area contributed by atoms with E-state index in [0.717, 1.165) is 11.0 Å². The Kier molecular flexibility index (Phi) is 2.79. The number of furan rings is 1. The van der Waals surface area contributed by atoms with E-state index < -0.39 is 23.4 Å². The van der Waals surface area contributed by atoms with Crippen molar-refractivity contribution >= 4 is 5.91 Å². The van der Waals surface area contributed by atoms with E-state index in [9.17, 15) is 18.0 Å². The van der Waals surface area contributed by atoms with Crippen molar-refractivity contribution < 1.29 is 22.4 Å². The summed E-state index contributed by atoms with van der Waals surface area (Å²) in [6.07, 6.45) is -4.68. The Labute approximate surface area is 84.5 Å². The molecule has 1 aromatic heterocycles. The van der Waals surface area contributed by atoms with E-state index >= 15 is 0 Å². The van der Waals surface area contributed by atoms with Gasteiger partial charge in [0.05, 0.1) is 5.56 Å². The van der Waals surface area contributed by atoms with Crippen LogP contribution >= 0.6 is 0 Å². The first-order valence-electron chi connectivity index (χ1n) is 3.98. The van der Waals surface area contributed by atoms with E-state index in [4.69, 9.17) is 0 Å². The van der Waals surface area contributed by atoms with Crippen LogP contribution in [0, 0.1) is 6.92 Å². The average molecular weight is 220 g/mol. The molecule has 15 heavy (non-hydrogen) atoms. The van der Waals surface area contributed by atoms with Crippen LogP contribution in [0.25, 0.3) is 0 Å². The van der Waals surface area contributed by atoms with Crippen molar-refractivity contribution in [2.24, 2.45) is 0 Å². The first-order valence-corrected chi connectivity index (χ1v) is 3.98. The topological polar surface area (TPSA) is 33.5 Å². The second kappa shape index (κ2) is 3.60. The van der Waals surface area contributed by atoms with E-state index in [-0.39, 0.29) is 5.76 Å². The van der Waals surface area contributed by atoms with Gasteiger partial charge in [-0.05, 0) is 6.07 Å². The molecule has 0 N–H and O–H groups in total. The minimum Gasteiger partial charge on any atom is -0.456 e. The van der Waals surface area contributed by atoms with Gasteiger partial charge in [-0.1, -0.05) is 0 Å². The maximum Gasteiger partial charge on any atom is 0.450 e. The Morgan fingerprint density at radius 2 is 2.00 bits per heavy atom. The number of nitrogens with zero attached hydrogens (tertiary/aromatic N) is 1. The standard InChI is InChI=1S/C9H9F3NO2/c1-5-4-6(8(14)13(2)3)7(15-5)9(10,11)12/h4H,1H2,2-3H3. The molecule has 0 saturated heterocycles. The molecule has 0 fully saturated rings. The number of carbonyl (C=O) groups is 1. The summed E-state index contributed by atoms with van der Waals surface area (Å²) in [5.74, 6) is -2.25. The third kappa shape index (κ3) is 2.31. The average Bonchev–Trinajstić information content (AvgIpc) is 2.44. The minimum absolute atomic E-state index is 0.187. The van der Waals surface area contributed by atoms with Gasteiger partial charge in [-0.15, -0.1) is 0 Å². The molecule has 0 aliphatic rings. The van der Waals surface area contributed by atoms with Gasteiger partial charge in [0.2, 0.25) is 5.76 Å². The molecule has 0 bridgehead atoms. The van der Waals surface area contributed by atoms with E-state index in [1.807, 2.05) is 0 Å². The summed E-state index contributed by atoms with van der Waals surface area (Å²) < 4.78 is 41.5. The number of hydrogen-bond donors (Lipinski definition) is 0. The molecule has 0 saturated carbocycles. The van der Waals surface area contributed by atoms with E-state index in [1.165, 1.54) is 14.1 Å². The van der Waals surface area contributed by atoms with Gasteiger partial charge in [0.25, 0.3) is 5.91 Å². The number of hydrogen-bond acceptors (Lipinski definition) is 2. The predicted octanol–water partition coefficient (Wildman–Crippen LogP) is 2.18. The lowest BCUT2D eigenvalue weighted by molar-refractivity contribution is -0.153. The van der Waals surface area contributed by atoms with E-state index in [0.29, 0.717) is 0 Å². The lowest BCUT2D eigenvalue weighted by Gasteiger charge is -2.10. The SMILES string of the molecule is [CH2]c1cc(C(=O)N(C)C)c(C(F)(F)F)o1. The zero-order chi connectivity index (χ0) is 11.8. The van der Waals surface area contributed by atoms with Gasteiger partial charge in [0.15, 0.2) is 0 Å². The summed E-state index contributed by atoms with van der Waals surface area (Å²) in [6.45, 7) is 3.22. The monoisotopic (exact) mass is 220 g/mol. The van der Waals surface area contributed by atoms with Crippen LogP contribution in [0.2, 0.25) is 0 Å². The highest BCUT2D eigenvalue weighted by molar-refractivity contribution is 5.95. The molecule has 6 heteroatoms. The smallest absolute Gasteiger partial charge is 0.450 e. The first kappa shape index (κ1) is 11.6. The molecular formula is C9H9F3NO2. The van der Waals surface area contributed by atoms with Crippen LogP contribution in [0.15, 0.2) is 10.5 Å². The molecule has 0 unspecified atom stereocenters. The second-order valence-electron chi connectivity index (χ2n) is 3.15. The summed E-state index contributed by atoms with van der Waals surface area (Å²) in [7, 11) is 2.72. The quantitative estimate of drug-likeness (QED) is 0.726. The Bertz CT molecular complexity index is 379. The van der Waals surface area contributed by atoms with Crippen molar-refractivity contribution in [2.75, 3.05) is 14.1 Å². The van der Waals surface area contributed by atoms with Crippen LogP contribution in [-0.4, -0.2) is 24.9 Å². The van der Waals surface area contributed by atoms with Gasteiger partial charge in [0, 0.05) is 21.0 Å². The summed E-state index contributed by atoms with van der Waals surface area (Å²) in [4.78, 5) is 12.4. The Hall–Kier alpha value is -1.46. The van der Waals surface area contributed by atoms with Crippen LogP contribution in [0.5, 0.6) is 0 Å². The highest BCUT2D eigenvalue weighted by atomic mass is 19.4. The summed E-state index contributed by atoms with van der Waals surface area (Å²) in [6, 6.07) is 0.977. The molecule has 3 nitrogen and oxygen atoms in total. The van der Waals surface area contributed by atoms with Crippen LogP contribution in [0.1, 0.15) is 21.9 Å². The third-order valence-corrected chi connectivity index (χ3v) is 1.68. The van der Waals surface area contributed by atoms with Crippen molar-refractivity contribution in [1.82, 2.24) is 4.90 Å². The van der Waals surface area contributed by atoms with Crippen molar-refractivity contribution in [2.45, 2.75) is 6.18 Å². The molecule has 0 atom stereocenters. The summed E-state index contributed by atoms with van der Waals surface area (Å²) >= 11 is 0. The third-order valence-electron chi connectivity index (χ3n) is 1.68. The minimum atomic E-state index is -4.68.